The number of hydrogen-bond donors (Lipinski definition) is 2. The molecule has 0 amide bonds. The minimum atomic E-state index is -3.02. The van der Waals surface area contributed by atoms with E-state index >= 15 is 0 Å². The molecule has 0 fully saturated rings. The summed E-state index contributed by atoms with van der Waals surface area (Å²) in [6, 6.07) is 0. The zero-order valence-corrected chi connectivity index (χ0v) is 11.3. The molecule has 1 aromatic rings. The van der Waals surface area contributed by atoms with Crippen molar-refractivity contribution in [1.82, 2.24) is 15.0 Å². The second-order valence-electron chi connectivity index (χ2n) is 4.18. The zero-order chi connectivity index (χ0) is 16.0. The molecule has 2 N–H and O–H groups in total. The number of nitrogens with one attached hydrogen (secondary N) is 2. The van der Waals surface area contributed by atoms with Crippen LogP contribution in [0.25, 0.3) is 5.57 Å². The molecule has 0 saturated heterocycles. The number of halogens is 2. The van der Waals surface area contributed by atoms with Crippen LogP contribution in [-0.4, -0.2) is 27.1 Å². The van der Waals surface area contributed by atoms with Gasteiger partial charge in [0.2, 0.25) is 0 Å². The van der Waals surface area contributed by atoms with E-state index in [-0.39, 0.29) is 23.4 Å². The number of aromatic nitrogens is 3. The molecule has 1 rings (SSSR count). The smallest absolute Gasteiger partial charge is 0.291 e. The van der Waals surface area contributed by atoms with Crippen LogP contribution in [0.15, 0.2) is 45.6 Å². The second kappa shape index (κ2) is 6.69. The van der Waals surface area contributed by atoms with E-state index in [9.17, 15) is 18.4 Å². The van der Waals surface area contributed by atoms with E-state index in [2.05, 4.69) is 28.1 Å². The summed E-state index contributed by atoms with van der Waals surface area (Å²) in [4.78, 5) is 33.4. The first-order valence-electron chi connectivity index (χ1n) is 5.85. The Morgan fingerprint density at radius 1 is 1.43 bits per heavy atom. The zero-order valence-electron chi connectivity index (χ0n) is 11.3. The third-order valence-corrected chi connectivity index (χ3v) is 2.36. The van der Waals surface area contributed by atoms with Gasteiger partial charge in [-0.3, -0.25) is 15.0 Å². The highest BCUT2D eigenvalue weighted by Gasteiger charge is 2.26. The minimum absolute atomic E-state index is 0.0204. The van der Waals surface area contributed by atoms with Crippen LogP contribution in [-0.2, 0) is 0 Å². The summed E-state index contributed by atoms with van der Waals surface area (Å²) < 4.78 is 26.4. The fourth-order valence-electron chi connectivity index (χ4n) is 1.32. The van der Waals surface area contributed by atoms with E-state index in [1.807, 2.05) is 4.98 Å². The predicted molar refractivity (Wildman–Crippen MR) is 76.5 cm³/mol. The van der Waals surface area contributed by atoms with E-state index in [0.717, 1.165) is 19.3 Å². The number of aromatic amines is 2. The predicted octanol–water partition coefficient (Wildman–Crippen LogP) is 1.66. The average Bonchev–Trinajstić information content (AvgIpc) is 2.35. The van der Waals surface area contributed by atoms with Gasteiger partial charge in [-0.05, 0) is 6.42 Å². The van der Waals surface area contributed by atoms with Gasteiger partial charge in [0.15, 0.2) is 0 Å². The van der Waals surface area contributed by atoms with E-state index in [0.29, 0.717) is 0 Å². The van der Waals surface area contributed by atoms with Crippen molar-refractivity contribution < 1.29 is 8.78 Å². The summed E-state index contributed by atoms with van der Waals surface area (Å²) in [6.45, 7) is 7.69. The fourth-order valence-corrected chi connectivity index (χ4v) is 1.32. The Balaban J connectivity index is 2.98. The quantitative estimate of drug-likeness (QED) is 0.617. The molecular formula is C13H14F2N4O2. The number of alkyl halides is 2. The van der Waals surface area contributed by atoms with E-state index in [4.69, 9.17) is 0 Å². The maximum atomic E-state index is 13.2. The molecule has 0 aliphatic heterocycles. The van der Waals surface area contributed by atoms with Gasteiger partial charge < -0.3 is 0 Å². The Morgan fingerprint density at radius 2 is 2.10 bits per heavy atom. The third kappa shape index (κ3) is 5.09. The summed E-state index contributed by atoms with van der Waals surface area (Å²) in [6.07, 6.45) is 3.42. The van der Waals surface area contributed by atoms with Crippen LogP contribution >= 0.6 is 0 Å². The van der Waals surface area contributed by atoms with Gasteiger partial charge in [0.05, 0.1) is 0 Å². The lowest BCUT2D eigenvalue weighted by molar-refractivity contribution is 0.0610. The lowest BCUT2D eigenvalue weighted by Gasteiger charge is -2.12. The molecular weight excluding hydrogens is 282 g/mol. The lowest BCUT2D eigenvalue weighted by Crippen LogP contribution is -2.26. The number of H-pyrrole nitrogens is 2. The van der Waals surface area contributed by atoms with Gasteiger partial charge >= 0.3 is 11.4 Å². The number of nitrogens with zero attached hydrogens (tertiary/aromatic N) is 2. The monoisotopic (exact) mass is 296 g/mol. The molecule has 0 radical (unpaired) electrons. The lowest BCUT2D eigenvalue weighted by atomic mass is 10.1. The van der Waals surface area contributed by atoms with Crippen molar-refractivity contribution in [1.29, 1.82) is 0 Å². The second-order valence-corrected chi connectivity index (χ2v) is 4.18. The van der Waals surface area contributed by atoms with Gasteiger partial charge in [-0.1, -0.05) is 12.7 Å². The minimum Gasteiger partial charge on any atom is -0.291 e. The van der Waals surface area contributed by atoms with Crippen LogP contribution in [0.4, 0.5) is 8.78 Å². The van der Waals surface area contributed by atoms with Crippen molar-refractivity contribution in [2.45, 2.75) is 19.3 Å². The van der Waals surface area contributed by atoms with Crippen LogP contribution in [0, 0.1) is 0 Å². The SMILES string of the molecule is C=CC/C(=C\N=C/C(=C)c1nc(=O)[nH]c(=O)[nH]1)C(C)(F)F. The highest BCUT2D eigenvalue weighted by atomic mass is 19.3. The van der Waals surface area contributed by atoms with E-state index in [1.165, 1.54) is 6.08 Å². The maximum Gasteiger partial charge on any atom is 0.351 e. The molecule has 0 saturated carbocycles. The Bertz CT molecular complexity index is 680. The van der Waals surface area contributed by atoms with Gasteiger partial charge in [0.25, 0.3) is 5.92 Å². The Hall–Kier alpha value is -2.64. The molecule has 0 spiro atoms. The highest BCUT2D eigenvalue weighted by Crippen LogP contribution is 2.26. The Kier molecular flexibility index (Phi) is 5.23. The van der Waals surface area contributed by atoms with Crippen LogP contribution < -0.4 is 11.4 Å². The molecule has 1 aromatic heterocycles. The number of aliphatic imine (C=N–C) groups is 1. The largest absolute Gasteiger partial charge is 0.351 e. The normalized spacial score (nSPS) is 12.6. The van der Waals surface area contributed by atoms with Gasteiger partial charge in [-0.25, -0.2) is 18.4 Å². The first-order valence-corrected chi connectivity index (χ1v) is 5.85. The van der Waals surface area contributed by atoms with Crippen LogP contribution in [0.3, 0.4) is 0 Å². The molecule has 0 aliphatic carbocycles. The van der Waals surface area contributed by atoms with E-state index < -0.39 is 17.3 Å². The first kappa shape index (κ1) is 16.4. The molecule has 8 heteroatoms. The number of rotatable bonds is 6. The molecule has 112 valence electrons. The maximum absolute atomic E-state index is 13.2. The topological polar surface area (TPSA) is 91.0 Å². The molecule has 21 heavy (non-hydrogen) atoms. The third-order valence-electron chi connectivity index (χ3n) is 2.36. The van der Waals surface area contributed by atoms with Gasteiger partial charge in [-0.15, -0.1) is 6.58 Å². The molecule has 0 aromatic carbocycles. The molecule has 0 aliphatic rings. The standard InChI is InChI=1S/C13H14F2N4O2/c1-4-5-9(13(3,14)15)7-16-6-8(2)10-17-11(20)19-12(21)18-10/h4,6-7H,1-2,5H2,3H3,(H2,17,18,19,20,21)/b9-7+,16-6-. The van der Waals surface area contributed by atoms with Crippen molar-refractivity contribution in [3.05, 3.63) is 57.8 Å². The van der Waals surface area contributed by atoms with Gasteiger partial charge in [-0.2, -0.15) is 4.98 Å². The van der Waals surface area contributed by atoms with Crippen molar-refractivity contribution in [2.24, 2.45) is 4.99 Å². The average molecular weight is 296 g/mol. The van der Waals surface area contributed by atoms with Crippen molar-refractivity contribution in [3.8, 4) is 0 Å². The molecule has 0 bridgehead atoms. The first-order chi connectivity index (χ1) is 9.74. The van der Waals surface area contributed by atoms with Gasteiger partial charge in [0, 0.05) is 30.5 Å². The fraction of sp³-hybridized carbons (Fsp3) is 0.231. The molecule has 1 heterocycles. The number of hydrogen-bond acceptors (Lipinski definition) is 4. The van der Waals surface area contributed by atoms with E-state index in [1.54, 1.807) is 0 Å². The Labute approximate surface area is 118 Å². The van der Waals surface area contributed by atoms with Crippen molar-refractivity contribution in [3.63, 3.8) is 0 Å². The molecule has 0 unspecified atom stereocenters. The van der Waals surface area contributed by atoms with Crippen molar-refractivity contribution >= 4 is 11.8 Å². The van der Waals surface area contributed by atoms with Crippen LogP contribution in [0.1, 0.15) is 19.2 Å². The van der Waals surface area contributed by atoms with Crippen LogP contribution in [0.5, 0.6) is 0 Å². The van der Waals surface area contributed by atoms with Crippen molar-refractivity contribution in [2.75, 3.05) is 0 Å². The summed E-state index contributed by atoms with van der Waals surface area (Å²) in [5.41, 5.74) is -1.71. The summed E-state index contributed by atoms with van der Waals surface area (Å²) in [5, 5.41) is 0. The highest BCUT2D eigenvalue weighted by molar-refractivity contribution is 6.07. The Morgan fingerprint density at radius 3 is 2.62 bits per heavy atom. The summed E-state index contributed by atoms with van der Waals surface area (Å²) in [5.74, 6) is -3.11. The summed E-state index contributed by atoms with van der Waals surface area (Å²) >= 11 is 0. The summed E-state index contributed by atoms with van der Waals surface area (Å²) in [7, 11) is 0. The molecule has 0 atom stereocenters. The molecule has 6 nitrogen and oxygen atoms in total. The van der Waals surface area contributed by atoms with Crippen LogP contribution in [0.2, 0.25) is 0 Å². The number of allylic oxidation sites excluding steroid dienone is 3. The van der Waals surface area contributed by atoms with Gasteiger partial charge in [0.1, 0.15) is 5.82 Å².